The van der Waals surface area contributed by atoms with Crippen LogP contribution >= 0.6 is 0 Å². The number of fused-ring (bicyclic) bond motifs is 1. The topological polar surface area (TPSA) is 206 Å². The molecule has 57 heavy (non-hydrogen) atoms. The van der Waals surface area contributed by atoms with E-state index < -0.39 is 89.7 Å². The fourth-order valence-electron chi connectivity index (χ4n) is 7.93. The predicted molar refractivity (Wildman–Crippen MR) is 200 cm³/mol. The van der Waals surface area contributed by atoms with E-state index in [2.05, 4.69) is 37.6 Å². The average Bonchev–Trinajstić information content (AvgIpc) is 3.73. The number of ketones is 2. The fraction of sp³-hybridized carbons (Fsp3) is 0.692. The van der Waals surface area contributed by atoms with Crippen LogP contribution < -0.4 is 5.32 Å². The first-order valence-corrected chi connectivity index (χ1v) is 19.1. The lowest BCUT2D eigenvalue weighted by atomic mass is 9.75. The highest BCUT2D eigenvalue weighted by Crippen LogP contribution is 2.40. The SMILES string of the molecule is CC[C@@H]1OC(=O)[C@@](C)(F)C(=O)C[C@@H](OC2O[C@H](C)C[C@H](N(C)C)[C@H]2O)[C@@](C)(OCC#Cc2ccc(-c3nnn(C)n3)nc2)C[C@@H](C)C(=O)[C@@H](C)[C@H]2NC(=O)O[C@]12C. The Morgan fingerprint density at radius 1 is 1.14 bits per heavy atom. The number of ether oxygens (including phenoxy) is 5. The molecule has 12 atom stereocenters. The largest absolute Gasteiger partial charge is 0.455 e. The number of carbonyl (C=O) groups excluding carboxylic acids is 4. The van der Waals surface area contributed by atoms with E-state index in [4.69, 9.17) is 23.7 Å². The summed E-state index contributed by atoms with van der Waals surface area (Å²) in [6.07, 6.45) is -5.08. The molecule has 2 aromatic heterocycles. The van der Waals surface area contributed by atoms with Crippen molar-refractivity contribution in [1.82, 2.24) is 35.4 Å². The number of aryl methyl sites for hydroxylation is 1. The van der Waals surface area contributed by atoms with Gasteiger partial charge in [-0.3, -0.25) is 14.6 Å². The minimum absolute atomic E-state index is 0.0778. The van der Waals surface area contributed by atoms with Gasteiger partial charge in [-0.25, -0.2) is 14.0 Å². The minimum Gasteiger partial charge on any atom is -0.455 e. The molecule has 0 spiro atoms. The highest BCUT2D eigenvalue weighted by Gasteiger charge is 2.58. The molecule has 0 bridgehead atoms. The Morgan fingerprint density at radius 3 is 2.47 bits per heavy atom. The van der Waals surface area contributed by atoms with Crippen LogP contribution in [0.2, 0.25) is 0 Å². The third-order valence-electron chi connectivity index (χ3n) is 11.4. The number of hydrogen-bond acceptors (Lipinski definition) is 15. The van der Waals surface area contributed by atoms with Gasteiger partial charge in [0.25, 0.3) is 5.67 Å². The van der Waals surface area contributed by atoms with Gasteiger partial charge < -0.3 is 39.0 Å². The first-order chi connectivity index (χ1) is 26.7. The van der Waals surface area contributed by atoms with E-state index in [1.165, 1.54) is 17.9 Å². The summed E-state index contributed by atoms with van der Waals surface area (Å²) >= 11 is 0. The number of cyclic esters (lactones) is 1. The summed E-state index contributed by atoms with van der Waals surface area (Å²) in [5.74, 6) is 1.58. The van der Waals surface area contributed by atoms with E-state index in [-0.39, 0.29) is 31.3 Å². The molecule has 3 fully saturated rings. The molecule has 0 saturated carbocycles. The molecule has 1 unspecified atom stereocenters. The summed E-state index contributed by atoms with van der Waals surface area (Å²) < 4.78 is 46.9. The summed E-state index contributed by atoms with van der Waals surface area (Å²) in [7, 11) is 5.24. The third kappa shape index (κ3) is 9.33. The van der Waals surface area contributed by atoms with Crippen LogP contribution in [-0.2, 0) is 45.1 Å². The van der Waals surface area contributed by atoms with E-state index in [9.17, 15) is 24.3 Å². The average molecular weight is 800 g/mol. The third-order valence-corrected chi connectivity index (χ3v) is 11.4. The van der Waals surface area contributed by atoms with Crippen molar-refractivity contribution in [3.63, 3.8) is 0 Å². The normalized spacial score (nSPS) is 36.7. The van der Waals surface area contributed by atoms with Gasteiger partial charge in [-0.15, -0.1) is 10.2 Å². The highest BCUT2D eigenvalue weighted by molar-refractivity contribution is 6.07. The molecule has 0 aliphatic carbocycles. The summed E-state index contributed by atoms with van der Waals surface area (Å²) in [4.78, 5) is 62.1. The maximum absolute atomic E-state index is 16.6. The van der Waals surface area contributed by atoms with Gasteiger partial charge in [-0.05, 0) is 78.4 Å². The van der Waals surface area contributed by atoms with E-state index in [1.54, 1.807) is 61.0 Å². The number of pyridine rings is 1. The number of carbonyl (C=O) groups is 4. The van der Waals surface area contributed by atoms with Crippen molar-refractivity contribution >= 4 is 23.6 Å². The maximum Gasteiger partial charge on any atom is 0.408 e. The lowest BCUT2D eigenvalue weighted by Crippen LogP contribution is -2.60. The molecule has 3 saturated heterocycles. The summed E-state index contributed by atoms with van der Waals surface area (Å²) in [5, 5.41) is 26.1. The molecule has 1 amide bonds. The van der Waals surface area contributed by atoms with Crippen LogP contribution in [0, 0.1) is 23.7 Å². The molecule has 312 valence electrons. The number of esters is 1. The molecule has 5 heterocycles. The highest BCUT2D eigenvalue weighted by atomic mass is 19.1. The van der Waals surface area contributed by atoms with Crippen molar-refractivity contribution in [2.24, 2.45) is 18.9 Å². The van der Waals surface area contributed by atoms with E-state index in [0.29, 0.717) is 23.5 Å². The van der Waals surface area contributed by atoms with Crippen molar-refractivity contribution in [3.05, 3.63) is 23.9 Å². The number of rotatable bonds is 7. The number of tetrazole rings is 1. The Labute approximate surface area is 331 Å². The van der Waals surface area contributed by atoms with Gasteiger partial charge in [-0.2, -0.15) is 4.80 Å². The van der Waals surface area contributed by atoms with Crippen LogP contribution in [0.3, 0.4) is 0 Å². The van der Waals surface area contributed by atoms with Crippen molar-refractivity contribution in [3.8, 4) is 23.4 Å². The zero-order valence-corrected chi connectivity index (χ0v) is 34.1. The van der Waals surface area contributed by atoms with E-state index in [1.807, 2.05) is 11.8 Å². The van der Waals surface area contributed by atoms with Crippen LogP contribution in [0.25, 0.3) is 11.5 Å². The smallest absolute Gasteiger partial charge is 0.408 e. The van der Waals surface area contributed by atoms with Gasteiger partial charge in [0, 0.05) is 36.1 Å². The minimum atomic E-state index is -3.19. The number of likely N-dealkylation sites (N-methyl/N-ethyl adjacent to an activating group) is 1. The van der Waals surface area contributed by atoms with Crippen LogP contribution in [0.1, 0.15) is 79.7 Å². The Morgan fingerprint density at radius 2 is 1.86 bits per heavy atom. The Hall–Kier alpha value is -4.41. The fourth-order valence-corrected chi connectivity index (χ4v) is 7.93. The molecule has 3 aliphatic rings. The molecular weight excluding hydrogens is 745 g/mol. The maximum atomic E-state index is 16.6. The number of halogens is 1. The Bertz CT molecular complexity index is 1860. The Kier molecular flexibility index (Phi) is 13.2. The first-order valence-electron chi connectivity index (χ1n) is 19.1. The van der Waals surface area contributed by atoms with Crippen LogP contribution in [0.4, 0.5) is 9.18 Å². The Balaban J connectivity index is 1.53. The molecule has 17 nitrogen and oxygen atoms in total. The van der Waals surface area contributed by atoms with Crippen LogP contribution in [0.5, 0.6) is 0 Å². The van der Waals surface area contributed by atoms with Crippen LogP contribution in [-0.4, -0.2) is 139 Å². The molecular formula is C39H54FN7O10. The summed E-state index contributed by atoms with van der Waals surface area (Å²) in [6, 6.07) is 2.03. The number of nitrogens with zero attached hydrogens (tertiary/aromatic N) is 6. The van der Waals surface area contributed by atoms with Crippen molar-refractivity contribution in [2.75, 3.05) is 20.7 Å². The summed E-state index contributed by atoms with van der Waals surface area (Å²) in [5.41, 5.74) is -5.34. The van der Waals surface area contributed by atoms with Gasteiger partial charge in [0.2, 0.25) is 5.82 Å². The molecule has 0 radical (unpaired) electrons. The molecule has 2 N–H and O–H groups in total. The number of aromatic nitrogens is 5. The monoisotopic (exact) mass is 799 g/mol. The molecule has 18 heteroatoms. The quantitative estimate of drug-likeness (QED) is 0.234. The number of aliphatic hydroxyl groups is 1. The molecule has 5 rings (SSSR count). The second-order valence-electron chi connectivity index (χ2n) is 16.1. The summed E-state index contributed by atoms with van der Waals surface area (Å²) in [6.45, 7) is 10.4. The number of alkyl halides is 1. The number of Topliss-reactive ketones (excluding diaryl/α,β-unsaturated/α-hetero) is 2. The zero-order chi connectivity index (χ0) is 42.0. The van der Waals surface area contributed by atoms with E-state index >= 15 is 4.39 Å². The van der Waals surface area contributed by atoms with Gasteiger partial charge >= 0.3 is 12.1 Å². The predicted octanol–water partition coefficient (Wildman–Crippen LogP) is 2.33. The van der Waals surface area contributed by atoms with Gasteiger partial charge in [0.15, 0.2) is 17.7 Å². The zero-order valence-electron chi connectivity index (χ0n) is 34.1. The van der Waals surface area contributed by atoms with Crippen LogP contribution in [0.15, 0.2) is 18.3 Å². The first kappa shape index (κ1) is 43.7. The number of hydrogen-bond donors (Lipinski definition) is 2. The van der Waals surface area contributed by atoms with Gasteiger partial charge in [-0.1, -0.05) is 32.6 Å². The number of nitrogens with one attached hydrogen (secondary N) is 1. The van der Waals surface area contributed by atoms with Crippen molar-refractivity contribution in [2.45, 2.75) is 134 Å². The van der Waals surface area contributed by atoms with Gasteiger partial charge in [0.1, 0.15) is 30.3 Å². The second kappa shape index (κ2) is 17.2. The van der Waals surface area contributed by atoms with Crippen molar-refractivity contribution in [1.29, 1.82) is 0 Å². The number of amides is 1. The van der Waals surface area contributed by atoms with Crippen molar-refractivity contribution < 1.29 is 52.4 Å². The lowest BCUT2D eigenvalue weighted by Gasteiger charge is -2.46. The van der Waals surface area contributed by atoms with Gasteiger partial charge in [0.05, 0.1) is 30.9 Å². The second-order valence-corrected chi connectivity index (χ2v) is 16.1. The molecule has 2 aromatic rings. The standard InChI is InChI=1S/C39H54FN7O10/c1-11-28-39(7)32(42-36(52)57-39)23(4)30(49)21(2)19-37(5,53-16-12-13-24-14-15-25(41-20-24)33-43-45-47(10)44-33)29(18-27(48)38(6,40)35(51)56-28)55-34-31(50)26(46(8)9)17-22(3)54-34/h14-15,20-23,26,28-29,31-32,34,50H,11,16-19H2,1-10H3,(H,42,52)/t21-,22-,23-,26+,28+,29-,31-,32-,34?,37+,38+,39-/m1/s1. The molecule has 3 aliphatic heterocycles. The number of alkyl carbamates (subject to hydrolysis) is 1. The van der Waals surface area contributed by atoms with E-state index in [0.717, 1.165) is 6.92 Å². The number of aliphatic hydroxyl groups excluding tert-OH is 1. The lowest BCUT2D eigenvalue weighted by molar-refractivity contribution is -0.290. The molecule has 0 aromatic carbocycles.